The van der Waals surface area contributed by atoms with Crippen LogP contribution in [0.1, 0.15) is 0 Å². The van der Waals surface area contributed by atoms with Gasteiger partial charge in [-0.3, -0.25) is 0 Å². The van der Waals surface area contributed by atoms with E-state index >= 15 is 0 Å². The van der Waals surface area contributed by atoms with Crippen LogP contribution in [0, 0.1) is 0 Å². The second-order valence-corrected chi connectivity index (χ2v) is 14.3. The predicted octanol–water partition coefficient (Wildman–Crippen LogP) is 13.8. The summed E-state index contributed by atoms with van der Waals surface area (Å²) in [6.45, 7) is 0. The fourth-order valence-corrected chi connectivity index (χ4v) is 8.52. The first-order chi connectivity index (χ1) is 27.7. The maximum atomic E-state index is 6.31. The molecule has 0 unspecified atom stereocenters. The number of fused-ring (bicyclic) bond motifs is 11. The molecule has 3 heterocycles. The van der Waals surface area contributed by atoms with E-state index in [0.717, 1.165) is 82.5 Å². The third-order valence-electron chi connectivity index (χ3n) is 11.1. The van der Waals surface area contributed by atoms with Gasteiger partial charge in [-0.1, -0.05) is 140 Å². The molecule has 5 heteroatoms. The lowest BCUT2D eigenvalue weighted by atomic mass is 9.95. The largest absolute Gasteiger partial charge is 0.456 e. The maximum Gasteiger partial charge on any atom is 0.164 e. The van der Waals surface area contributed by atoms with Gasteiger partial charge < -0.3 is 8.83 Å². The summed E-state index contributed by atoms with van der Waals surface area (Å²) in [6, 6.07) is 61.0. The summed E-state index contributed by atoms with van der Waals surface area (Å²) < 4.78 is 12.6. The van der Waals surface area contributed by atoms with Crippen molar-refractivity contribution < 1.29 is 8.83 Å². The molecule has 0 N–H and O–H groups in total. The zero-order valence-corrected chi connectivity index (χ0v) is 29.9. The molecule has 0 fully saturated rings. The Morgan fingerprint density at radius 3 is 1.52 bits per heavy atom. The highest BCUT2D eigenvalue weighted by molar-refractivity contribution is 6.21. The zero-order valence-electron chi connectivity index (χ0n) is 29.9. The fourth-order valence-electron chi connectivity index (χ4n) is 8.52. The smallest absolute Gasteiger partial charge is 0.164 e. The van der Waals surface area contributed by atoms with Gasteiger partial charge in [-0.15, -0.1) is 0 Å². The van der Waals surface area contributed by atoms with Crippen LogP contribution in [0.5, 0.6) is 0 Å². The molecule has 9 aromatic carbocycles. The highest BCUT2D eigenvalue weighted by Gasteiger charge is 2.19. The summed E-state index contributed by atoms with van der Waals surface area (Å²) in [5, 5.41) is 11.4. The summed E-state index contributed by atoms with van der Waals surface area (Å²) in [5.41, 5.74) is 8.18. The first-order valence-electron chi connectivity index (χ1n) is 18.8. The Morgan fingerprint density at radius 2 is 0.786 bits per heavy atom. The van der Waals surface area contributed by atoms with Gasteiger partial charge in [0.15, 0.2) is 17.5 Å². The van der Waals surface area contributed by atoms with E-state index < -0.39 is 0 Å². The van der Waals surface area contributed by atoms with E-state index in [9.17, 15) is 0 Å². The van der Waals surface area contributed by atoms with Crippen molar-refractivity contribution >= 4 is 76.2 Å². The first-order valence-corrected chi connectivity index (χ1v) is 18.8. The van der Waals surface area contributed by atoms with Crippen molar-refractivity contribution in [3.63, 3.8) is 0 Å². The molecular formula is C51H29N3O2. The molecular weight excluding hydrogens is 687 g/mol. The molecule has 12 rings (SSSR count). The molecule has 0 saturated heterocycles. The first kappa shape index (κ1) is 30.8. The quantitative estimate of drug-likeness (QED) is 0.170. The molecule has 0 aliphatic rings. The van der Waals surface area contributed by atoms with E-state index in [1.54, 1.807) is 0 Å². The van der Waals surface area contributed by atoms with Gasteiger partial charge in [-0.25, -0.2) is 15.0 Å². The van der Waals surface area contributed by atoms with Gasteiger partial charge in [0.2, 0.25) is 0 Å². The molecule has 0 aliphatic heterocycles. The van der Waals surface area contributed by atoms with Crippen LogP contribution in [0.3, 0.4) is 0 Å². The minimum atomic E-state index is 0.582. The summed E-state index contributed by atoms with van der Waals surface area (Å²) in [5.74, 6) is 1.77. The van der Waals surface area contributed by atoms with Crippen LogP contribution in [0.15, 0.2) is 185 Å². The number of benzene rings is 9. The highest BCUT2D eigenvalue weighted by atomic mass is 16.3. The van der Waals surface area contributed by atoms with Crippen molar-refractivity contribution in [3.8, 4) is 45.3 Å². The van der Waals surface area contributed by atoms with Crippen LogP contribution < -0.4 is 0 Å². The lowest BCUT2D eigenvalue weighted by Gasteiger charge is -2.12. The van der Waals surface area contributed by atoms with Gasteiger partial charge in [-0.2, -0.15) is 0 Å². The second-order valence-electron chi connectivity index (χ2n) is 14.3. The Balaban J connectivity index is 1.11. The summed E-state index contributed by atoms with van der Waals surface area (Å²) in [4.78, 5) is 15.8. The predicted molar refractivity (Wildman–Crippen MR) is 229 cm³/mol. The molecule has 0 atom stereocenters. The van der Waals surface area contributed by atoms with Crippen LogP contribution in [-0.2, 0) is 0 Å². The minimum Gasteiger partial charge on any atom is -0.456 e. The standard InChI is InChI=1S/C51H29N3O2/c1-2-13-36-30(10-1)22-25-32-26-23-31-24-27-35(29-41(31)46(32)36)50-52-49(53-51(54-50)40-17-9-21-45-48(40)39-15-4-6-19-43(39)56-45)34-12-7-11-33(28-34)37-16-8-20-44-47(37)38-14-3-5-18-42(38)55-44/h1-29H. The number of hydrogen-bond donors (Lipinski definition) is 0. The monoisotopic (exact) mass is 715 g/mol. The van der Waals surface area contributed by atoms with Crippen molar-refractivity contribution in [2.75, 3.05) is 0 Å². The third-order valence-corrected chi connectivity index (χ3v) is 11.1. The van der Waals surface area contributed by atoms with Crippen molar-refractivity contribution in [1.82, 2.24) is 15.0 Å². The molecule has 0 spiro atoms. The third kappa shape index (κ3) is 4.71. The molecule has 5 nitrogen and oxygen atoms in total. The number of rotatable bonds is 4. The maximum absolute atomic E-state index is 6.31. The molecule has 0 saturated carbocycles. The van der Waals surface area contributed by atoms with Crippen molar-refractivity contribution in [2.45, 2.75) is 0 Å². The van der Waals surface area contributed by atoms with Crippen LogP contribution in [0.25, 0.3) is 121 Å². The van der Waals surface area contributed by atoms with Gasteiger partial charge >= 0.3 is 0 Å². The van der Waals surface area contributed by atoms with Crippen molar-refractivity contribution in [1.29, 1.82) is 0 Å². The lowest BCUT2D eigenvalue weighted by Crippen LogP contribution is -2.00. The number of para-hydroxylation sites is 2. The number of hydrogen-bond acceptors (Lipinski definition) is 5. The van der Waals surface area contributed by atoms with E-state index in [1.165, 1.54) is 21.5 Å². The SMILES string of the molecule is c1cc(-c2nc(-c3ccc4ccc5ccc6ccccc6c5c4c3)nc(-c3cccc4oc5ccccc5c34)n2)cc(-c2cccc3oc4ccccc4c23)c1. The highest BCUT2D eigenvalue weighted by Crippen LogP contribution is 2.40. The molecule has 0 amide bonds. The van der Waals surface area contributed by atoms with Gasteiger partial charge in [0, 0.05) is 38.2 Å². The average Bonchev–Trinajstić information content (AvgIpc) is 3.85. The average molecular weight is 716 g/mol. The van der Waals surface area contributed by atoms with Crippen molar-refractivity contribution in [2.24, 2.45) is 0 Å². The van der Waals surface area contributed by atoms with Gasteiger partial charge in [0.1, 0.15) is 22.3 Å². The normalized spacial score (nSPS) is 11.9. The van der Waals surface area contributed by atoms with Gasteiger partial charge in [0.25, 0.3) is 0 Å². The van der Waals surface area contributed by atoms with Crippen LogP contribution in [0.2, 0.25) is 0 Å². The molecule has 3 aromatic heterocycles. The molecule has 0 aliphatic carbocycles. The Hall–Kier alpha value is -7.63. The summed E-state index contributed by atoms with van der Waals surface area (Å²) in [6.07, 6.45) is 0. The number of nitrogens with zero attached hydrogens (tertiary/aromatic N) is 3. The van der Waals surface area contributed by atoms with E-state index in [0.29, 0.717) is 17.5 Å². The number of aromatic nitrogens is 3. The zero-order chi connectivity index (χ0) is 36.7. The summed E-state index contributed by atoms with van der Waals surface area (Å²) >= 11 is 0. The molecule has 56 heavy (non-hydrogen) atoms. The molecule has 0 bridgehead atoms. The van der Waals surface area contributed by atoms with Crippen LogP contribution in [-0.4, -0.2) is 15.0 Å². The fraction of sp³-hybridized carbons (Fsp3) is 0. The Labute approximate surface area is 320 Å². The Kier molecular flexibility index (Phi) is 6.56. The lowest BCUT2D eigenvalue weighted by molar-refractivity contribution is 0.668. The molecule has 12 aromatic rings. The van der Waals surface area contributed by atoms with E-state index in [1.807, 2.05) is 54.6 Å². The van der Waals surface area contributed by atoms with Crippen LogP contribution in [0.4, 0.5) is 0 Å². The molecule has 260 valence electrons. The van der Waals surface area contributed by atoms with E-state index in [-0.39, 0.29) is 0 Å². The number of furan rings is 2. The van der Waals surface area contributed by atoms with E-state index in [2.05, 4.69) is 121 Å². The second kappa shape index (κ2) is 11.9. The van der Waals surface area contributed by atoms with E-state index in [4.69, 9.17) is 23.8 Å². The topological polar surface area (TPSA) is 65.0 Å². The van der Waals surface area contributed by atoms with Gasteiger partial charge in [-0.05, 0) is 79.8 Å². The molecule has 0 radical (unpaired) electrons. The van der Waals surface area contributed by atoms with Crippen molar-refractivity contribution in [3.05, 3.63) is 176 Å². The summed E-state index contributed by atoms with van der Waals surface area (Å²) in [7, 11) is 0. The Morgan fingerprint density at radius 1 is 0.286 bits per heavy atom. The Bertz CT molecular complexity index is 3550. The van der Waals surface area contributed by atoms with Gasteiger partial charge in [0.05, 0.1) is 0 Å². The minimum absolute atomic E-state index is 0.582. The van der Waals surface area contributed by atoms with Crippen LogP contribution >= 0.6 is 0 Å².